The molecule has 0 bridgehead atoms. The van der Waals surface area contributed by atoms with Crippen LogP contribution in [0, 0.1) is 0 Å². The molecule has 0 saturated heterocycles. The number of hydrogen-bond donors (Lipinski definition) is 1. The first-order valence-corrected chi connectivity index (χ1v) is 6.98. The number of ether oxygens (including phenoxy) is 1. The molecule has 2 aromatic rings. The predicted molar refractivity (Wildman–Crippen MR) is 75.6 cm³/mol. The fourth-order valence-electron chi connectivity index (χ4n) is 2.11. The SMILES string of the molecule is COC(=O)Cc1nc(-c2ccc3c(c2)CC(=O)N3)cs1. The van der Waals surface area contributed by atoms with E-state index in [9.17, 15) is 9.59 Å². The summed E-state index contributed by atoms with van der Waals surface area (Å²) in [5.74, 6) is -0.281. The van der Waals surface area contributed by atoms with Crippen molar-refractivity contribution >= 4 is 28.9 Å². The molecule has 1 aromatic carbocycles. The minimum atomic E-state index is -0.297. The van der Waals surface area contributed by atoms with Crippen LogP contribution in [0.2, 0.25) is 0 Å². The van der Waals surface area contributed by atoms with Crippen molar-refractivity contribution in [1.82, 2.24) is 4.98 Å². The van der Waals surface area contributed by atoms with Gasteiger partial charge in [0.15, 0.2) is 0 Å². The van der Waals surface area contributed by atoms with Crippen LogP contribution >= 0.6 is 11.3 Å². The number of carbonyl (C=O) groups is 2. The fraction of sp³-hybridized carbons (Fsp3) is 0.214. The third kappa shape index (κ3) is 2.42. The standard InChI is InChI=1S/C14H12N2O3S/c1-19-14(18)6-13-16-11(7-20-13)8-2-3-10-9(4-8)5-12(17)15-10/h2-4,7H,5-6H2,1H3,(H,15,17). The van der Waals surface area contributed by atoms with Gasteiger partial charge in [0.05, 0.1) is 25.6 Å². The Morgan fingerprint density at radius 2 is 2.35 bits per heavy atom. The van der Waals surface area contributed by atoms with E-state index >= 15 is 0 Å². The summed E-state index contributed by atoms with van der Waals surface area (Å²) >= 11 is 1.43. The lowest BCUT2D eigenvalue weighted by molar-refractivity contribution is -0.139. The van der Waals surface area contributed by atoms with Crippen molar-refractivity contribution in [2.24, 2.45) is 0 Å². The van der Waals surface area contributed by atoms with Crippen LogP contribution < -0.4 is 5.32 Å². The van der Waals surface area contributed by atoms with Gasteiger partial charge in [-0.1, -0.05) is 6.07 Å². The van der Waals surface area contributed by atoms with Gasteiger partial charge in [0, 0.05) is 16.6 Å². The van der Waals surface area contributed by atoms with Gasteiger partial charge in [-0.15, -0.1) is 11.3 Å². The van der Waals surface area contributed by atoms with E-state index in [0.29, 0.717) is 6.42 Å². The maximum atomic E-state index is 11.3. The molecule has 20 heavy (non-hydrogen) atoms. The molecular weight excluding hydrogens is 276 g/mol. The van der Waals surface area contributed by atoms with E-state index in [1.807, 2.05) is 23.6 Å². The van der Waals surface area contributed by atoms with Crippen molar-refractivity contribution in [3.05, 3.63) is 34.2 Å². The van der Waals surface area contributed by atoms with E-state index < -0.39 is 0 Å². The number of rotatable bonds is 3. The smallest absolute Gasteiger partial charge is 0.312 e. The Labute approximate surface area is 119 Å². The predicted octanol–water partition coefficient (Wildman–Crippen LogP) is 2.02. The summed E-state index contributed by atoms with van der Waals surface area (Å²) in [5, 5.41) is 5.43. The van der Waals surface area contributed by atoms with E-state index in [4.69, 9.17) is 0 Å². The molecule has 0 spiro atoms. The van der Waals surface area contributed by atoms with Crippen molar-refractivity contribution in [2.75, 3.05) is 12.4 Å². The van der Waals surface area contributed by atoms with Gasteiger partial charge in [0.1, 0.15) is 5.01 Å². The van der Waals surface area contributed by atoms with E-state index in [2.05, 4.69) is 15.0 Å². The zero-order valence-corrected chi connectivity index (χ0v) is 11.6. The number of nitrogens with one attached hydrogen (secondary N) is 1. The Morgan fingerprint density at radius 1 is 1.50 bits per heavy atom. The van der Waals surface area contributed by atoms with Gasteiger partial charge in [-0.05, 0) is 17.7 Å². The molecule has 1 N–H and O–H groups in total. The number of carbonyl (C=O) groups excluding carboxylic acids is 2. The van der Waals surface area contributed by atoms with Gasteiger partial charge in [-0.3, -0.25) is 9.59 Å². The molecule has 0 aliphatic carbocycles. The molecule has 0 fully saturated rings. The van der Waals surface area contributed by atoms with Crippen LogP contribution in [-0.4, -0.2) is 24.0 Å². The molecule has 1 aliphatic rings. The molecule has 1 aromatic heterocycles. The summed E-state index contributed by atoms with van der Waals surface area (Å²) in [6, 6.07) is 5.76. The number of nitrogens with zero attached hydrogens (tertiary/aromatic N) is 1. The van der Waals surface area contributed by atoms with Crippen LogP contribution in [0.5, 0.6) is 0 Å². The quantitative estimate of drug-likeness (QED) is 0.877. The van der Waals surface area contributed by atoms with E-state index in [0.717, 1.165) is 27.5 Å². The van der Waals surface area contributed by atoms with Gasteiger partial charge < -0.3 is 10.1 Å². The highest BCUT2D eigenvalue weighted by Crippen LogP contribution is 2.29. The van der Waals surface area contributed by atoms with E-state index in [1.165, 1.54) is 18.4 Å². The van der Waals surface area contributed by atoms with Crippen molar-refractivity contribution in [1.29, 1.82) is 0 Å². The van der Waals surface area contributed by atoms with Crippen LogP contribution in [-0.2, 0) is 27.2 Å². The lowest BCUT2D eigenvalue weighted by Crippen LogP contribution is -2.03. The van der Waals surface area contributed by atoms with Gasteiger partial charge in [0.2, 0.25) is 5.91 Å². The molecule has 6 heteroatoms. The average Bonchev–Trinajstić information content (AvgIpc) is 3.02. The van der Waals surface area contributed by atoms with E-state index in [-0.39, 0.29) is 18.3 Å². The zero-order chi connectivity index (χ0) is 14.1. The Hall–Kier alpha value is -2.21. The van der Waals surface area contributed by atoms with Crippen LogP contribution in [0.4, 0.5) is 5.69 Å². The summed E-state index contributed by atoms with van der Waals surface area (Å²) < 4.78 is 4.62. The third-order valence-corrected chi connectivity index (χ3v) is 3.95. The number of benzene rings is 1. The summed E-state index contributed by atoms with van der Waals surface area (Å²) in [4.78, 5) is 27.0. The number of thiazole rings is 1. The minimum Gasteiger partial charge on any atom is -0.469 e. The zero-order valence-electron chi connectivity index (χ0n) is 10.8. The lowest BCUT2D eigenvalue weighted by atomic mass is 10.1. The van der Waals surface area contributed by atoms with Gasteiger partial charge in [-0.25, -0.2) is 4.98 Å². The number of amides is 1. The largest absolute Gasteiger partial charge is 0.469 e. The first kappa shape index (κ1) is 12.8. The maximum absolute atomic E-state index is 11.3. The maximum Gasteiger partial charge on any atom is 0.312 e. The second-order valence-corrected chi connectivity index (χ2v) is 5.42. The van der Waals surface area contributed by atoms with Crippen molar-refractivity contribution in [3.8, 4) is 11.3 Å². The van der Waals surface area contributed by atoms with Gasteiger partial charge in [-0.2, -0.15) is 0 Å². The molecule has 0 saturated carbocycles. The van der Waals surface area contributed by atoms with Crippen molar-refractivity contribution in [3.63, 3.8) is 0 Å². The molecule has 5 nitrogen and oxygen atoms in total. The number of methoxy groups -OCH3 is 1. The average molecular weight is 288 g/mol. The molecule has 1 aliphatic heterocycles. The first-order chi connectivity index (χ1) is 9.65. The Morgan fingerprint density at radius 3 is 3.15 bits per heavy atom. The first-order valence-electron chi connectivity index (χ1n) is 6.10. The van der Waals surface area contributed by atoms with Crippen LogP contribution in [0.3, 0.4) is 0 Å². The number of esters is 1. The summed E-state index contributed by atoms with van der Waals surface area (Å²) in [5.41, 5.74) is 3.61. The number of aromatic nitrogens is 1. The number of anilines is 1. The second kappa shape index (κ2) is 5.05. The minimum absolute atomic E-state index is 0.0156. The van der Waals surface area contributed by atoms with E-state index in [1.54, 1.807) is 0 Å². The van der Waals surface area contributed by atoms with Crippen molar-refractivity contribution in [2.45, 2.75) is 12.8 Å². The third-order valence-electron chi connectivity index (χ3n) is 3.10. The number of hydrogen-bond acceptors (Lipinski definition) is 5. The highest BCUT2D eigenvalue weighted by Gasteiger charge is 2.18. The topological polar surface area (TPSA) is 68.3 Å². The molecule has 1 amide bonds. The second-order valence-electron chi connectivity index (χ2n) is 4.48. The molecule has 3 rings (SSSR count). The fourth-order valence-corrected chi connectivity index (χ4v) is 2.90. The van der Waals surface area contributed by atoms with Crippen LogP contribution in [0.25, 0.3) is 11.3 Å². The van der Waals surface area contributed by atoms with Gasteiger partial charge in [0.25, 0.3) is 0 Å². The molecule has 2 heterocycles. The Kier molecular flexibility index (Phi) is 3.23. The number of fused-ring (bicyclic) bond motifs is 1. The molecular formula is C14H12N2O3S. The molecule has 102 valence electrons. The summed E-state index contributed by atoms with van der Waals surface area (Å²) in [6.07, 6.45) is 0.592. The Balaban J connectivity index is 1.85. The monoisotopic (exact) mass is 288 g/mol. The van der Waals surface area contributed by atoms with Crippen molar-refractivity contribution < 1.29 is 14.3 Å². The highest BCUT2D eigenvalue weighted by molar-refractivity contribution is 7.10. The molecule has 0 radical (unpaired) electrons. The Bertz CT molecular complexity index is 693. The van der Waals surface area contributed by atoms with Crippen LogP contribution in [0.1, 0.15) is 10.6 Å². The van der Waals surface area contributed by atoms with Crippen LogP contribution in [0.15, 0.2) is 23.6 Å². The normalized spacial score (nSPS) is 12.9. The molecule has 0 atom stereocenters. The summed E-state index contributed by atoms with van der Waals surface area (Å²) in [7, 11) is 1.36. The lowest BCUT2D eigenvalue weighted by Gasteiger charge is -2.01. The summed E-state index contributed by atoms with van der Waals surface area (Å²) in [6.45, 7) is 0. The highest BCUT2D eigenvalue weighted by atomic mass is 32.1. The van der Waals surface area contributed by atoms with Gasteiger partial charge >= 0.3 is 5.97 Å². The molecule has 0 unspecified atom stereocenters.